The normalized spacial score (nSPS) is 16.7. The highest BCUT2D eigenvalue weighted by atomic mass is 16.4. The Balaban J connectivity index is 1.68. The van der Waals surface area contributed by atoms with Crippen LogP contribution in [-0.2, 0) is 0 Å². The summed E-state index contributed by atoms with van der Waals surface area (Å²) in [7, 11) is 0. The van der Waals surface area contributed by atoms with Gasteiger partial charge in [-0.15, -0.1) is 15.0 Å². The lowest BCUT2D eigenvalue weighted by Crippen LogP contribution is -2.22. The van der Waals surface area contributed by atoms with Crippen LogP contribution < -0.4 is 4.90 Å². The molecular formula is C21H22N4O2. The largest absolute Gasteiger partial charge is 0.476 e. The number of anilines is 1. The minimum absolute atomic E-state index is 0.00428. The fourth-order valence-electron chi connectivity index (χ4n) is 3.64. The van der Waals surface area contributed by atoms with Gasteiger partial charge in [-0.25, -0.2) is 4.79 Å². The molecule has 0 saturated carbocycles. The minimum Gasteiger partial charge on any atom is -0.476 e. The number of nitrogens with zero attached hydrogens (tertiary/aromatic N) is 4. The summed E-state index contributed by atoms with van der Waals surface area (Å²) >= 11 is 0. The van der Waals surface area contributed by atoms with Crippen molar-refractivity contribution in [1.29, 1.82) is 0 Å². The number of aromatic carboxylic acids is 1. The quantitative estimate of drug-likeness (QED) is 0.768. The third-order valence-electron chi connectivity index (χ3n) is 5.14. The van der Waals surface area contributed by atoms with Crippen molar-refractivity contribution in [1.82, 2.24) is 15.0 Å². The fraction of sp³-hybridized carbons (Fsp3) is 0.286. The molecule has 0 aliphatic carbocycles. The van der Waals surface area contributed by atoms with Crippen LogP contribution in [0.15, 0.2) is 48.5 Å². The number of aromatic nitrogens is 3. The van der Waals surface area contributed by atoms with Crippen LogP contribution in [0.1, 0.15) is 39.5 Å². The predicted molar refractivity (Wildman–Crippen MR) is 104 cm³/mol. The number of aryl methyl sites for hydroxylation is 2. The Morgan fingerprint density at radius 1 is 1.11 bits per heavy atom. The molecule has 1 fully saturated rings. The van der Waals surface area contributed by atoms with Crippen LogP contribution in [0.4, 0.5) is 5.82 Å². The molecule has 1 aliphatic rings. The SMILES string of the molecule is Cc1ccc(C)c(-n2nc(C(=O)O)c(N3CC[C@@H](c4ccccc4)C3)n2)c1. The number of benzene rings is 2. The summed E-state index contributed by atoms with van der Waals surface area (Å²) in [5, 5.41) is 18.5. The van der Waals surface area contributed by atoms with Gasteiger partial charge in [0.05, 0.1) is 5.69 Å². The van der Waals surface area contributed by atoms with Crippen molar-refractivity contribution in [2.24, 2.45) is 0 Å². The van der Waals surface area contributed by atoms with E-state index in [0.717, 1.165) is 36.3 Å². The number of carbonyl (C=O) groups is 1. The van der Waals surface area contributed by atoms with Crippen molar-refractivity contribution < 1.29 is 9.90 Å². The molecule has 6 heteroatoms. The maximum atomic E-state index is 11.8. The molecule has 0 unspecified atom stereocenters. The monoisotopic (exact) mass is 362 g/mol. The number of rotatable bonds is 4. The molecule has 0 spiro atoms. The lowest BCUT2D eigenvalue weighted by atomic mass is 9.99. The molecule has 1 aliphatic heterocycles. The van der Waals surface area contributed by atoms with Crippen molar-refractivity contribution in [2.75, 3.05) is 18.0 Å². The first-order chi connectivity index (χ1) is 13.0. The molecule has 1 atom stereocenters. The third-order valence-corrected chi connectivity index (χ3v) is 5.14. The molecule has 0 amide bonds. The molecule has 3 aromatic rings. The van der Waals surface area contributed by atoms with E-state index < -0.39 is 5.97 Å². The molecule has 138 valence electrons. The van der Waals surface area contributed by atoms with Gasteiger partial charge in [0, 0.05) is 19.0 Å². The van der Waals surface area contributed by atoms with E-state index in [1.807, 2.05) is 55.1 Å². The van der Waals surface area contributed by atoms with Crippen molar-refractivity contribution in [3.63, 3.8) is 0 Å². The molecule has 2 heterocycles. The number of carboxylic acid groups (broad SMARTS) is 1. The predicted octanol–water partition coefficient (Wildman–Crippen LogP) is 3.58. The third kappa shape index (κ3) is 3.30. The molecule has 1 N–H and O–H groups in total. The highest BCUT2D eigenvalue weighted by Gasteiger charge is 2.30. The second kappa shape index (κ2) is 6.87. The van der Waals surface area contributed by atoms with Gasteiger partial charge in [0.1, 0.15) is 0 Å². The molecule has 2 aromatic carbocycles. The van der Waals surface area contributed by atoms with Crippen LogP contribution in [0.25, 0.3) is 5.69 Å². The summed E-state index contributed by atoms with van der Waals surface area (Å²) in [6, 6.07) is 16.3. The lowest BCUT2D eigenvalue weighted by Gasteiger charge is -2.16. The van der Waals surface area contributed by atoms with Gasteiger partial charge in [0.15, 0.2) is 5.82 Å². The summed E-state index contributed by atoms with van der Waals surface area (Å²) in [6.45, 7) is 5.48. The Hall–Kier alpha value is -3.15. The van der Waals surface area contributed by atoms with Crippen LogP contribution >= 0.6 is 0 Å². The molecule has 0 radical (unpaired) electrons. The summed E-state index contributed by atoms with van der Waals surface area (Å²) < 4.78 is 0. The molecule has 0 bridgehead atoms. The van der Waals surface area contributed by atoms with Crippen LogP contribution in [0.5, 0.6) is 0 Å². The Morgan fingerprint density at radius 2 is 1.89 bits per heavy atom. The smallest absolute Gasteiger partial charge is 0.360 e. The maximum absolute atomic E-state index is 11.8. The zero-order chi connectivity index (χ0) is 19.0. The zero-order valence-corrected chi connectivity index (χ0v) is 15.5. The van der Waals surface area contributed by atoms with Crippen molar-refractivity contribution >= 4 is 11.8 Å². The van der Waals surface area contributed by atoms with E-state index in [0.29, 0.717) is 11.7 Å². The van der Waals surface area contributed by atoms with Crippen molar-refractivity contribution in [3.05, 3.63) is 70.9 Å². The van der Waals surface area contributed by atoms with Crippen molar-refractivity contribution in [3.8, 4) is 5.69 Å². The molecular weight excluding hydrogens is 340 g/mol. The molecule has 1 saturated heterocycles. The zero-order valence-electron chi connectivity index (χ0n) is 15.5. The minimum atomic E-state index is -1.05. The maximum Gasteiger partial charge on any atom is 0.360 e. The molecule has 6 nitrogen and oxygen atoms in total. The van der Waals surface area contributed by atoms with E-state index in [-0.39, 0.29) is 5.69 Å². The van der Waals surface area contributed by atoms with Crippen molar-refractivity contribution in [2.45, 2.75) is 26.2 Å². The Kier molecular flexibility index (Phi) is 4.39. The molecule has 27 heavy (non-hydrogen) atoms. The van der Waals surface area contributed by atoms with Gasteiger partial charge in [0.25, 0.3) is 0 Å². The average molecular weight is 362 g/mol. The average Bonchev–Trinajstić information content (AvgIpc) is 3.31. The van der Waals surface area contributed by atoms with Crippen LogP contribution in [-0.4, -0.2) is 39.2 Å². The van der Waals surface area contributed by atoms with E-state index in [4.69, 9.17) is 0 Å². The van der Waals surface area contributed by atoms with Crippen LogP contribution in [0.3, 0.4) is 0 Å². The first kappa shape index (κ1) is 17.3. The Labute approximate surface area is 158 Å². The van der Waals surface area contributed by atoms with E-state index >= 15 is 0 Å². The topological polar surface area (TPSA) is 71.2 Å². The van der Waals surface area contributed by atoms with E-state index in [1.54, 1.807) is 0 Å². The summed E-state index contributed by atoms with van der Waals surface area (Å²) in [5.41, 5.74) is 4.17. The summed E-state index contributed by atoms with van der Waals surface area (Å²) in [6.07, 6.45) is 0.972. The second-order valence-corrected chi connectivity index (χ2v) is 7.10. The van der Waals surface area contributed by atoms with Gasteiger partial charge in [-0.05, 0) is 43.0 Å². The van der Waals surface area contributed by atoms with Gasteiger partial charge >= 0.3 is 5.97 Å². The van der Waals surface area contributed by atoms with Gasteiger partial charge in [-0.3, -0.25) is 0 Å². The van der Waals surface area contributed by atoms with Gasteiger partial charge < -0.3 is 10.0 Å². The Bertz CT molecular complexity index is 981. The summed E-state index contributed by atoms with van der Waals surface area (Å²) in [4.78, 5) is 15.3. The van der Waals surface area contributed by atoms with Gasteiger partial charge in [0.2, 0.25) is 5.69 Å². The Morgan fingerprint density at radius 3 is 2.63 bits per heavy atom. The highest BCUT2D eigenvalue weighted by Crippen LogP contribution is 2.31. The fourth-order valence-corrected chi connectivity index (χ4v) is 3.64. The molecule has 4 rings (SSSR count). The molecule has 1 aromatic heterocycles. The lowest BCUT2D eigenvalue weighted by molar-refractivity contribution is 0.0690. The highest BCUT2D eigenvalue weighted by molar-refractivity contribution is 5.91. The van der Waals surface area contributed by atoms with Crippen LogP contribution in [0.2, 0.25) is 0 Å². The van der Waals surface area contributed by atoms with Gasteiger partial charge in [-0.2, -0.15) is 0 Å². The first-order valence-corrected chi connectivity index (χ1v) is 9.11. The first-order valence-electron chi connectivity index (χ1n) is 9.11. The van der Waals surface area contributed by atoms with E-state index in [2.05, 4.69) is 22.3 Å². The number of hydrogen-bond donors (Lipinski definition) is 1. The number of carboxylic acids is 1. The van der Waals surface area contributed by atoms with Gasteiger partial charge in [-0.1, -0.05) is 42.5 Å². The standard InChI is InChI=1S/C21H22N4O2/c1-14-8-9-15(2)18(12-14)25-22-19(21(26)27)20(23-25)24-11-10-17(13-24)16-6-4-3-5-7-16/h3-9,12,17H,10-11,13H2,1-2H3,(H,26,27)/t17-/m1/s1. The summed E-state index contributed by atoms with van der Waals surface area (Å²) in [5.74, 6) is -0.231. The van der Waals surface area contributed by atoms with Crippen LogP contribution in [0, 0.1) is 13.8 Å². The second-order valence-electron chi connectivity index (χ2n) is 7.10. The van der Waals surface area contributed by atoms with E-state index in [9.17, 15) is 9.90 Å². The van der Waals surface area contributed by atoms with E-state index in [1.165, 1.54) is 10.4 Å². The number of hydrogen-bond acceptors (Lipinski definition) is 4.